The molecular weight excluding hydrogens is 218 g/mol. The zero-order valence-electron chi connectivity index (χ0n) is 9.73. The summed E-state index contributed by atoms with van der Waals surface area (Å²) in [6.07, 6.45) is 1.54. The highest BCUT2D eigenvalue weighted by Gasteiger charge is 2.07. The molecule has 0 bridgehead atoms. The summed E-state index contributed by atoms with van der Waals surface area (Å²) in [6, 6.07) is 5.26. The number of carbonyl (C=O) groups excluding carboxylic acids is 1. The summed E-state index contributed by atoms with van der Waals surface area (Å²) in [5.74, 6) is 0.499. The van der Waals surface area contributed by atoms with E-state index < -0.39 is 0 Å². The Kier molecular flexibility index (Phi) is 3.30. The van der Waals surface area contributed by atoms with Crippen molar-refractivity contribution in [2.24, 2.45) is 0 Å². The molecule has 2 rings (SSSR count). The lowest BCUT2D eigenvalue weighted by atomic mass is 10.1. The fourth-order valence-corrected chi connectivity index (χ4v) is 1.53. The average Bonchev–Trinajstić information content (AvgIpc) is 2.37. The Labute approximate surface area is 98.8 Å². The van der Waals surface area contributed by atoms with Gasteiger partial charge < -0.3 is 10.1 Å². The average molecular weight is 231 g/mol. The number of Topliss-reactive ketones (excluding diaryl/α,β-unsaturated/α-hetero) is 1. The summed E-state index contributed by atoms with van der Waals surface area (Å²) < 4.78 is 4.99. The first-order valence-corrected chi connectivity index (χ1v) is 5.23. The molecule has 0 saturated carbocycles. The van der Waals surface area contributed by atoms with E-state index >= 15 is 0 Å². The second kappa shape index (κ2) is 4.88. The van der Waals surface area contributed by atoms with Crippen molar-refractivity contribution >= 4 is 16.8 Å². The molecule has 0 unspecified atom stereocenters. The molecule has 5 heteroatoms. The number of ether oxygens (including phenoxy) is 1. The number of hydrogen-bond donors (Lipinski definition) is 1. The lowest BCUT2D eigenvalue weighted by molar-refractivity contribution is 0.0993. The van der Waals surface area contributed by atoms with Gasteiger partial charge in [-0.05, 0) is 25.2 Å². The first-order chi connectivity index (χ1) is 8.24. The molecule has 0 saturated heterocycles. The maximum Gasteiger partial charge on any atom is 0.232 e. The molecule has 1 N–H and O–H groups in total. The van der Waals surface area contributed by atoms with Crippen molar-refractivity contribution in [3.8, 4) is 5.88 Å². The van der Waals surface area contributed by atoms with Gasteiger partial charge in [0.1, 0.15) is 0 Å². The zero-order chi connectivity index (χ0) is 12.3. The molecule has 1 aromatic heterocycles. The van der Waals surface area contributed by atoms with E-state index in [1.54, 1.807) is 32.4 Å². The Morgan fingerprint density at radius 3 is 2.94 bits per heavy atom. The van der Waals surface area contributed by atoms with E-state index in [4.69, 9.17) is 4.74 Å². The Morgan fingerprint density at radius 2 is 2.24 bits per heavy atom. The maximum atomic E-state index is 11.7. The highest BCUT2D eigenvalue weighted by atomic mass is 16.5. The number of nitrogens with one attached hydrogen (secondary N) is 1. The van der Waals surface area contributed by atoms with E-state index in [0.717, 1.165) is 0 Å². The molecule has 0 amide bonds. The summed E-state index contributed by atoms with van der Waals surface area (Å²) in [6.45, 7) is 0.315. The van der Waals surface area contributed by atoms with E-state index in [0.29, 0.717) is 29.0 Å². The normalized spacial score (nSPS) is 10.5. The van der Waals surface area contributed by atoms with Crippen molar-refractivity contribution in [2.45, 2.75) is 0 Å². The quantitative estimate of drug-likeness (QED) is 0.796. The first-order valence-electron chi connectivity index (χ1n) is 5.23. The third-order valence-corrected chi connectivity index (χ3v) is 2.39. The van der Waals surface area contributed by atoms with Crippen molar-refractivity contribution in [3.63, 3.8) is 0 Å². The van der Waals surface area contributed by atoms with Gasteiger partial charge in [0.2, 0.25) is 5.88 Å². The summed E-state index contributed by atoms with van der Waals surface area (Å²) in [4.78, 5) is 20.1. The number of rotatable bonds is 4. The number of ketones is 1. The highest BCUT2D eigenvalue weighted by Crippen LogP contribution is 2.15. The second-order valence-electron chi connectivity index (χ2n) is 3.57. The van der Waals surface area contributed by atoms with Crippen molar-refractivity contribution < 1.29 is 9.53 Å². The lowest BCUT2D eigenvalue weighted by Crippen LogP contribution is -2.18. The molecule has 17 heavy (non-hydrogen) atoms. The SMILES string of the molecule is CNCC(=O)c1ccc2nc(OC)cnc2c1. The van der Waals surface area contributed by atoms with Gasteiger partial charge in [-0.1, -0.05) is 0 Å². The minimum atomic E-state index is 0.0343. The summed E-state index contributed by atoms with van der Waals surface area (Å²) in [5.41, 5.74) is 2.03. The van der Waals surface area contributed by atoms with Gasteiger partial charge in [0, 0.05) is 5.56 Å². The molecule has 5 nitrogen and oxygen atoms in total. The number of aromatic nitrogens is 2. The second-order valence-corrected chi connectivity index (χ2v) is 3.57. The Balaban J connectivity index is 2.41. The van der Waals surface area contributed by atoms with Crippen molar-refractivity contribution in [3.05, 3.63) is 30.0 Å². The van der Waals surface area contributed by atoms with Crippen LogP contribution in [0.3, 0.4) is 0 Å². The van der Waals surface area contributed by atoms with Crippen LogP contribution in [-0.4, -0.2) is 36.5 Å². The number of carbonyl (C=O) groups is 1. The summed E-state index contributed by atoms with van der Waals surface area (Å²) >= 11 is 0. The zero-order valence-corrected chi connectivity index (χ0v) is 9.73. The van der Waals surface area contributed by atoms with E-state index in [1.807, 2.05) is 0 Å². The molecule has 88 valence electrons. The molecular formula is C12H13N3O2. The molecule has 0 aliphatic heterocycles. The van der Waals surface area contributed by atoms with Crippen LogP contribution in [0.5, 0.6) is 5.88 Å². The summed E-state index contributed by atoms with van der Waals surface area (Å²) in [5, 5.41) is 2.83. The fraction of sp³-hybridized carbons (Fsp3) is 0.250. The predicted octanol–water partition coefficient (Wildman–Crippen LogP) is 1.04. The van der Waals surface area contributed by atoms with Gasteiger partial charge in [-0.2, -0.15) is 0 Å². The monoisotopic (exact) mass is 231 g/mol. The van der Waals surface area contributed by atoms with E-state index in [9.17, 15) is 4.79 Å². The van der Waals surface area contributed by atoms with Gasteiger partial charge in [-0.25, -0.2) is 9.97 Å². The number of benzene rings is 1. The molecule has 0 fully saturated rings. The molecule has 0 aliphatic carbocycles. The number of fused-ring (bicyclic) bond motifs is 1. The van der Waals surface area contributed by atoms with Gasteiger partial charge >= 0.3 is 0 Å². The Bertz CT molecular complexity index is 554. The molecule has 0 radical (unpaired) electrons. The highest BCUT2D eigenvalue weighted by molar-refractivity contribution is 6.00. The number of likely N-dealkylation sites (N-methyl/N-ethyl adjacent to an activating group) is 1. The Hall–Kier alpha value is -2.01. The van der Waals surface area contributed by atoms with E-state index in [-0.39, 0.29) is 5.78 Å². The van der Waals surface area contributed by atoms with Gasteiger partial charge in [0.25, 0.3) is 0 Å². The van der Waals surface area contributed by atoms with E-state index in [1.165, 1.54) is 6.20 Å². The minimum Gasteiger partial charge on any atom is -0.480 e. The third kappa shape index (κ3) is 2.39. The van der Waals surface area contributed by atoms with Gasteiger partial charge in [-0.3, -0.25) is 4.79 Å². The van der Waals surface area contributed by atoms with E-state index in [2.05, 4.69) is 15.3 Å². The predicted molar refractivity (Wildman–Crippen MR) is 64.3 cm³/mol. The molecule has 1 aromatic carbocycles. The van der Waals surface area contributed by atoms with Crippen LogP contribution in [0, 0.1) is 0 Å². The topological polar surface area (TPSA) is 64.1 Å². The molecule has 0 spiro atoms. The Morgan fingerprint density at radius 1 is 1.41 bits per heavy atom. The third-order valence-electron chi connectivity index (χ3n) is 2.39. The first kappa shape index (κ1) is 11.5. The van der Waals surface area contributed by atoms with Crippen LogP contribution in [0.15, 0.2) is 24.4 Å². The largest absolute Gasteiger partial charge is 0.480 e. The smallest absolute Gasteiger partial charge is 0.232 e. The van der Waals surface area contributed by atoms with Crippen molar-refractivity contribution in [2.75, 3.05) is 20.7 Å². The number of hydrogen-bond acceptors (Lipinski definition) is 5. The van der Waals surface area contributed by atoms with Crippen LogP contribution in [0.1, 0.15) is 10.4 Å². The molecule has 2 aromatic rings. The number of methoxy groups -OCH3 is 1. The van der Waals surface area contributed by atoms with Gasteiger partial charge in [0.15, 0.2) is 5.78 Å². The molecule has 0 aliphatic rings. The van der Waals surface area contributed by atoms with Gasteiger partial charge in [-0.15, -0.1) is 0 Å². The van der Waals surface area contributed by atoms with Crippen LogP contribution in [-0.2, 0) is 0 Å². The maximum absolute atomic E-state index is 11.7. The van der Waals surface area contributed by atoms with Crippen LogP contribution in [0.2, 0.25) is 0 Å². The van der Waals surface area contributed by atoms with Crippen LogP contribution in [0.4, 0.5) is 0 Å². The molecule has 0 atom stereocenters. The fourth-order valence-electron chi connectivity index (χ4n) is 1.53. The van der Waals surface area contributed by atoms with Crippen LogP contribution < -0.4 is 10.1 Å². The number of nitrogens with zero attached hydrogens (tertiary/aromatic N) is 2. The minimum absolute atomic E-state index is 0.0343. The van der Waals surface area contributed by atoms with Crippen molar-refractivity contribution in [1.29, 1.82) is 0 Å². The van der Waals surface area contributed by atoms with Crippen LogP contribution in [0.25, 0.3) is 11.0 Å². The van der Waals surface area contributed by atoms with Gasteiger partial charge in [0.05, 0.1) is 30.9 Å². The van der Waals surface area contributed by atoms with Crippen LogP contribution >= 0.6 is 0 Å². The summed E-state index contributed by atoms with van der Waals surface area (Å²) in [7, 11) is 3.28. The lowest BCUT2D eigenvalue weighted by Gasteiger charge is -2.03. The molecule has 1 heterocycles. The van der Waals surface area contributed by atoms with Crippen molar-refractivity contribution in [1.82, 2.24) is 15.3 Å². The standard InChI is InChI=1S/C12H13N3O2/c1-13-6-11(16)8-3-4-9-10(5-8)14-7-12(15-9)17-2/h3-5,7,13H,6H2,1-2H3.